The van der Waals surface area contributed by atoms with Crippen LogP contribution in [0.5, 0.6) is 0 Å². The van der Waals surface area contributed by atoms with Crippen molar-refractivity contribution in [2.45, 2.75) is 13.0 Å². The fourth-order valence-corrected chi connectivity index (χ4v) is 3.36. The number of benzene rings is 1. The van der Waals surface area contributed by atoms with E-state index in [1.165, 1.54) is 5.56 Å². The van der Waals surface area contributed by atoms with Gasteiger partial charge in [-0.2, -0.15) is 5.10 Å². The summed E-state index contributed by atoms with van der Waals surface area (Å²) in [6.07, 6.45) is 10.5. The second-order valence-electron chi connectivity index (χ2n) is 6.83. The van der Waals surface area contributed by atoms with E-state index in [0.29, 0.717) is 0 Å². The van der Waals surface area contributed by atoms with Crippen molar-refractivity contribution < 1.29 is 0 Å². The van der Waals surface area contributed by atoms with Crippen LogP contribution in [0.2, 0.25) is 0 Å². The minimum absolute atomic E-state index is 0.790. The van der Waals surface area contributed by atoms with E-state index in [-0.39, 0.29) is 0 Å². The van der Waals surface area contributed by atoms with Gasteiger partial charge in [0.2, 0.25) is 0 Å². The number of aromatic nitrogens is 7. The lowest BCUT2D eigenvalue weighted by atomic mass is 10.1. The van der Waals surface area contributed by atoms with Gasteiger partial charge in [0.25, 0.3) is 0 Å². The second kappa shape index (κ2) is 6.77. The highest BCUT2D eigenvalue weighted by molar-refractivity contribution is 5.94. The monoisotopic (exact) mass is 369 g/mol. The summed E-state index contributed by atoms with van der Waals surface area (Å²) in [6.45, 7) is 0.790. The van der Waals surface area contributed by atoms with Crippen LogP contribution < -0.4 is 0 Å². The fourth-order valence-electron chi connectivity index (χ4n) is 3.36. The third kappa shape index (κ3) is 3.07. The quantitative estimate of drug-likeness (QED) is 0.515. The van der Waals surface area contributed by atoms with Gasteiger partial charge in [0.05, 0.1) is 12.4 Å². The van der Waals surface area contributed by atoms with E-state index in [1.54, 1.807) is 4.68 Å². The van der Waals surface area contributed by atoms with Crippen molar-refractivity contribution in [3.63, 3.8) is 0 Å². The molecule has 7 heteroatoms. The van der Waals surface area contributed by atoms with E-state index in [2.05, 4.69) is 55.7 Å². The molecule has 5 aromatic rings. The highest BCUT2D eigenvalue weighted by Gasteiger charge is 2.12. The van der Waals surface area contributed by atoms with Crippen LogP contribution in [0.25, 0.3) is 33.4 Å². The van der Waals surface area contributed by atoms with Crippen LogP contribution in [0.15, 0.2) is 67.4 Å². The predicted octanol–water partition coefficient (Wildman–Crippen LogP) is 3.46. The first-order valence-corrected chi connectivity index (χ1v) is 9.17. The molecule has 0 aliphatic rings. The van der Waals surface area contributed by atoms with Crippen molar-refractivity contribution in [2.24, 2.45) is 7.05 Å². The van der Waals surface area contributed by atoms with Crippen LogP contribution in [0.3, 0.4) is 0 Å². The van der Waals surface area contributed by atoms with Crippen molar-refractivity contribution in [1.29, 1.82) is 0 Å². The Kier molecular flexibility index (Phi) is 3.97. The summed E-state index contributed by atoms with van der Waals surface area (Å²) < 4.78 is 3.68. The third-order valence-corrected chi connectivity index (χ3v) is 4.86. The molecule has 0 radical (unpaired) electrons. The third-order valence-electron chi connectivity index (χ3n) is 4.86. The Morgan fingerprint density at radius 2 is 1.93 bits per heavy atom. The van der Waals surface area contributed by atoms with Gasteiger partial charge < -0.3 is 4.98 Å². The zero-order chi connectivity index (χ0) is 18.9. The Hall–Kier alpha value is -3.74. The Morgan fingerprint density at radius 1 is 1.04 bits per heavy atom. The van der Waals surface area contributed by atoms with E-state index in [0.717, 1.165) is 46.4 Å². The molecule has 28 heavy (non-hydrogen) atoms. The number of hydrogen-bond donors (Lipinski definition) is 1. The molecule has 0 amide bonds. The Bertz CT molecular complexity index is 1230. The molecule has 0 saturated carbocycles. The smallest absolute Gasteiger partial charge is 0.137 e. The molecule has 1 N–H and O–H groups in total. The number of pyridine rings is 1. The molecule has 0 unspecified atom stereocenters. The van der Waals surface area contributed by atoms with E-state index in [4.69, 9.17) is 0 Å². The zero-order valence-corrected chi connectivity index (χ0v) is 15.4. The summed E-state index contributed by atoms with van der Waals surface area (Å²) >= 11 is 0. The van der Waals surface area contributed by atoms with Gasteiger partial charge in [-0.05, 0) is 18.1 Å². The molecule has 5 rings (SSSR count). The minimum Gasteiger partial charge on any atom is -0.345 e. The van der Waals surface area contributed by atoms with Gasteiger partial charge >= 0.3 is 0 Å². The Balaban J connectivity index is 1.44. The zero-order valence-electron chi connectivity index (χ0n) is 15.4. The number of H-pyrrole nitrogens is 1. The first-order valence-electron chi connectivity index (χ1n) is 9.17. The Morgan fingerprint density at radius 3 is 2.75 bits per heavy atom. The van der Waals surface area contributed by atoms with E-state index in [1.807, 2.05) is 48.8 Å². The Labute approximate surface area is 161 Å². The van der Waals surface area contributed by atoms with Gasteiger partial charge in [-0.3, -0.25) is 9.36 Å². The lowest BCUT2D eigenvalue weighted by Crippen LogP contribution is -2.01. The molecule has 7 nitrogen and oxygen atoms in total. The summed E-state index contributed by atoms with van der Waals surface area (Å²) in [5, 5.41) is 13.9. The topological polar surface area (TPSA) is 77.2 Å². The normalized spacial score (nSPS) is 11.3. The van der Waals surface area contributed by atoms with Crippen LogP contribution >= 0.6 is 0 Å². The van der Waals surface area contributed by atoms with E-state index < -0.39 is 0 Å². The molecule has 0 bridgehead atoms. The van der Waals surface area contributed by atoms with E-state index in [9.17, 15) is 0 Å². The van der Waals surface area contributed by atoms with Gasteiger partial charge in [0.1, 0.15) is 11.3 Å². The highest BCUT2D eigenvalue weighted by Crippen LogP contribution is 2.29. The number of rotatable bonds is 5. The average Bonchev–Trinajstić information content (AvgIpc) is 3.46. The number of aromatic amines is 1. The summed E-state index contributed by atoms with van der Waals surface area (Å²) in [6, 6.07) is 12.5. The van der Waals surface area contributed by atoms with Gasteiger partial charge in [0.15, 0.2) is 0 Å². The summed E-state index contributed by atoms with van der Waals surface area (Å²) in [5.41, 5.74) is 6.02. The molecule has 0 aliphatic heterocycles. The van der Waals surface area contributed by atoms with Gasteiger partial charge in [-0.15, -0.1) is 5.10 Å². The summed E-state index contributed by atoms with van der Waals surface area (Å²) in [4.78, 5) is 7.78. The first kappa shape index (κ1) is 16.4. The van der Waals surface area contributed by atoms with Crippen molar-refractivity contribution in [3.8, 4) is 22.4 Å². The van der Waals surface area contributed by atoms with Crippen molar-refractivity contribution in [1.82, 2.24) is 34.7 Å². The van der Waals surface area contributed by atoms with Gasteiger partial charge in [-0.25, -0.2) is 4.98 Å². The minimum atomic E-state index is 0.790. The molecule has 138 valence electrons. The molecule has 0 atom stereocenters. The molecule has 0 spiro atoms. The number of hydrogen-bond acceptors (Lipinski definition) is 4. The maximum Gasteiger partial charge on any atom is 0.137 e. The second-order valence-corrected chi connectivity index (χ2v) is 6.83. The molecule has 0 fully saturated rings. The SMILES string of the molecule is Cn1cc(-c2cnc3[nH]cc(-c4cn(CCc5ccccc5)nn4)c3c2)cn1. The molecule has 0 aliphatic carbocycles. The molecule has 1 aromatic carbocycles. The van der Waals surface area contributed by atoms with E-state index >= 15 is 0 Å². The van der Waals surface area contributed by atoms with Crippen molar-refractivity contribution in [3.05, 3.63) is 72.9 Å². The molecule has 0 saturated heterocycles. The van der Waals surface area contributed by atoms with Crippen LogP contribution in [0.1, 0.15) is 5.56 Å². The largest absolute Gasteiger partial charge is 0.345 e. The number of aryl methyl sites for hydroxylation is 3. The van der Waals surface area contributed by atoms with Crippen LogP contribution in [0.4, 0.5) is 0 Å². The first-order chi connectivity index (χ1) is 13.8. The van der Waals surface area contributed by atoms with Crippen LogP contribution in [-0.4, -0.2) is 34.7 Å². The molecule has 4 aromatic heterocycles. The summed E-state index contributed by atoms with van der Waals surface area (Å²) in [5.74, 6) is 0. The van der Waals surface area contributed by atoms with Crippen LogP contribution in [-0.2, 0) is 20.0 Å². The number of nitrogens with one attached hydrogen (secondary N) is 1. The molecular weight excluding hydrogens is 350 g/mol. The average molecular weight is 369 g/mol. The molecular formula is C21H19N7. The van der Waals surface area contributed by atoms with Crippen LogP contribution in [0, 0.1) is 0 Å². The molecule has 4 heterocycles. The maximum absolute atomic E-state index is 4.55. The fraction of sp³-hybridized carbons (Fsp3) is 0.143. The summed E-state index contributed by atoms with van der Waals surface area (Å²) in [7, 11) is 1.91. The standard InChI is InChI=1S/C21H19N7/c1-27-13-17(11-24-27)16-9-18-19(12-23-21(18)22-10-16)20-14-28(26-25-20)8-7-15-5-3-2-4-6-15/h2-6,9-14H,7-8H2,1H3,(H,22,23). The highest BCUT2D eigenvalue weighted by atomic mass is 15.4. The van der Waals surface area contributed by atoms with Crippen molar-refractivity contribution >= 4 is 11.0 Å². The lowest BCUT2D eigenvalue weighted by Gasteiger charge is -2.00. The number of fused-ring (bicyclic) bond motifs is 1. The van der Waals surface area contributed by atoms with Gasteiger partial charge in [0, 0.05) is 54.3 Å². The van der Waals surface area contributed by atoms with Gasteiger partial charge in [-0.1, -0.05) is 35.5 Å². The maximum atomic E-state index is 4.55. The lowest BCUT2D eigenvalue weighted by molar-refractivity contribution is 0.589. The number of nitrogens with zero attached hydrogens (tertiary/aromatic N) is 6. The predicted molar refractivity (Wildman–Crippen MR) is 107 cm³/mol. The van der Waals surface area contributed by atoms with Crippen molar-refractivity contribution in [2.75, 3.05) is 0 Å².